The van der Waals surface area contributed by atoms with Gasteiger partial charge in [-0.25, -0.2) is 9.97 Å². The molecule has 0 unspecified atom stereocenters. The summed E-state index contributed by atoms with van der Waals surface area (Å²) >= 11 is 0. The highest BCUT2D eigenvalue weighted by Gasteiger charge is 2.13. The Morgan fingerprint density at radius 2 is 0.775 bits per heavy atom. The lowest BCUT2D eigenvalue weighted by molar-refractivity contribution is 0.574. The summed E-state index contributed by atoms with van der Waals surface area (Å²) in [7, 11) is 0. The Hall–Kier alpha value is -5.48. The minimum atomic E-state index is 0.621. The Morgan fingerprint density at radius 1 is 0.350 bits per heavy atom. The second-order valence-electron chi connectivity index (χ2n) is 9.90. The molecule has 0 aliphatic heterocycles. The van der Waals surface area contributed by atoms with E-state index < -0.39 is 0 Å². The van der Waals surface area contributed by atoms with E-state index in [2.05, 4.69) is 107 Å². The minimum Gasteiger partial charge on any atom is -0.445 e. The summed E-state index contributed by atoms with van der Waals surface area (Å²) in [5.74, 6) is 1.24. The fourth-order valence-electron chi connectivity index (χ4n) is 5.71. The number of hydrogen-bond donors (Lipinski definition) is 0. The zero-order valence-electron chi connectivity index (χ0n) is 21.4. The van der Waals surface area contributed by atoms with Crippen molar-refractivity contribution in [3.8, 4) is 45.2 Å². The molecule has 40 heavy (non-hydrogen) atoms. The smallest absolute Gasteiger partial charge is 0.225 e. The zero-order valence-corrected chi connectivity index (χ0v) is 21.4. The lowest BCUT2D eigenvalue weighted by atomic mass is 9.90. The highest BCUT2D eigenvalue weighted by molar-refractivity contribution is 6.26. The monoisotopic (exact) mass is 514 g/mol. The first-order valence-corrected chi connectivity index (χ1v) is 13.2. The average Bonchev–Trinajstić information content (AvgIpc) is 3.77. The van der Waals surface area contributed by atoms with Crippen LogP contribution >= 0.6 is 0 Å². The first-order valence-electron chi connectivity index (χ1n) is 13.2. The third kappa shape index (κ3) is 3.69. The molecule has 0 aliphatic carbocycles. The number of aromatic nitrogens is 2. The number of fused-ring (bicyclic) bond motifs is 6. The predicted molar refractivity (Wildman–Crippen MR) is 161 cm³/mol. The minimum absolute atomic E-state index is 0.621. The van der Waals surface area contributed by atoms with E-state index in [9.17, 15) is 0 Å². The van der Waals surface area contributed by atoms with Gasteiger partial charge in [0.25, 0.3) is 0 Å². The maximum absolute atomic E-state index is 5.55. The summed E-state index contributed by atoms with van der Waals surface area (Å²) in [6, 6.07) is 38.9. The van der Waals surface area contributed by atoms with E-state index in [0.717, 1.165) is 33.4 Å². The van der Waals surface area contributed by atoms with E-state index in [4.69, 9.17) is 8.83 Å². The van der Waals surface area contributed by atoms with Gasteiger partial charge >= 0.3 is 0 Å². The van der Waals surface area contributed by atoms with Gasteiger partial charge in [-0.2, -0.15) is 0 Å². The van der Waals surface area contributed by atoms with Crippen LogP contribution in [-0.2, 0) is 0 Å². The summed E-state index contributed by atoms with van der Waals surface area (Å²) in [5, 5.41) is 7.42. The van der Waals surface area contributed by atoms with Gasteiger partial charge in [-0.05, 0) is 91.0 Å². The van der Waals surface area contributed by atoms with Crippen LogP contribution in [0.5, 0.6) is 0 Å². The molecule has 0 bridgehead atoms. The van der Waals surface area contributed by atoms with Gasteiger partial charge in [0.1, 0.15) is 12.5 Å². The van der Waals surface area contributed by atoms with Gasteiger partial charge in [-0.3, -0.25) is 0 Å². The quantitative estimate of drug-likeness (QED) is 0.219. The van der Waals surface area contributed by atoms with Crippen molar-refractivity contribution in [1.82, 2.24) is 9.97 Å². The van der Waals surface area contributed by atoms with Crippen LogP contribution in [0.2, 0.25) is 0 Å². The van der Waals surface area contributed by atoms with Crippen molar-refractivity contribution in [2.75, 3.05) is 0 Å². The molecule has 0 atom stereocenters. The number of nitrogens with zero attached hydrogens (tertiary/aromatic N) is 2. The van der Waals surface area contributed by atoms with Crippen LogP contribution in [0.1, 0.15) is 0 Å². The number of rotatable bonds is 4. The summed E-state index contributed by atoms with van der Waals surface area (Å²) in [5.41, 5.74) is 6.45. The van der Waals surface area contributed by atoms with E-state index in [-0.39, 0.29) is 0 Å². The van der Waals surface area contributed by atoms with Gasteiger partial charge in [-0.1, -0.05) is 72.8 Å². The summed E-state index contributed by atoms with van der Waals surface area (Å²) < 4.78 is 11.1. The topological polar surface area (TPSA) is 52.1 Å². The molecule has 0 radical (unpaired) electrons. The van der Waals surface area contributed by atoms with Gasteiger partial charge in [0.05, 0.1) is 12.4 Å². The largest absolute Gasteiger partial charge is 0.445 e. The lowest BCUT2D eigenvalue weighted by Gasteiger charge is -2.14. The molecule has 0 fully saturated rings. The molecule has 0 N–H and O–H groups in total. The van der Waals surface area contributed by atoms with E-state index in [1.165, 1.54) is 32.3 Å². The average molecular weight is 515 g/mol. The molecule has 8 rings (SSSR count). The first-order chi connectivity index (χ1) is 19.8. The number of oxazole rings is 2. The highest BCUT2D eigenvalue weighted by atomic mass is 16.3. The summed E-state index contributed by atoms with van der Waals surface area (Å²) in [4.78, 5) is 8.66. The molecule has 2 aromatic heterocycles. The van der Waals surface area contributed by atoms with Crippen LogP contribution in [0.4, 0.5) is 0 Å². The normalized spacial score (nSPS) is 11.5. The van der Waals surface area contributed by atoms with Crippen molar-refractivity contribution < 1.29 is 8.83 Å². The fourth-order valence-corrected chi connectivity index (χ4v) is 5.71. The van der Waals surface area contributed by atoms with Gasteiger partial charge in [0.2, 0.25) is 11.8 Å². The fraction of sp³-hybridized carbons (Fsp3) is 0. The third-order valence-electron chi connectivity index (χ3n) is 7.59. The van der Waals surface area contributed by atoms with E-state index >= 15 is 0 Å². The molecule has 188 valence electrons. The first kappa shape index (κ1) is 22.5. The maximum atomic E-state index is 5.55. The Kier molecular flexibility index (Phi) is 5.10. The molecule has 8 aromatic rings. The Morgan fingerprint density at radius 3 is 1.23 bits per heavy atom. The standard InChI is InChI=1S/C36H22N2O2/c1-2-10-30-29(9-1)31-13-11-25(23-5-3-7-27(19-23)35-37-15-17-39-35)21-33(31)34-22-26(12-14-32(30)34)24-6-4-8-28(20-24)36-38-16-18-40-36/h1-22H. The zero-order chi connectivity index (χ0) is 26.5. The maximum Gasteiger partial charge on any atom is 0.225 e. The number of hydrogen-bond acceptors (Lipinski definition) is 4. The molecule has 6 aromatic carbocycles. The van der Waals surface area contributed by atoms with Gasteiger partial charge in [-0.15, -0.1) is 0 Å². The van der Waals surface area contributed by atoms with Crippen molar-refractivity contribution in [2.45, 2.75) is 0 Å². The Balaban J connectivity index is 1.35. The predicted octanol–water partition coefficient (Wildman–Crippen LogP) is 9.79. The summed E-state index contributed by atoms with van der Waals surface area (Å²) in [6.07, 6.45) is 6.56. The number of benzene rings is 6. The summed E-state index contributed by atoms with van der Waals surface area (Å²) in [6.45, 7) is 0. The van der Waals surface area contributed by atoms with Crippen molar-refractivity contribution >= 4 is 32.3 Å². The van der Waals surface area contributed by atoms with E-state index in [1.54, 1.807) is 24.9 Å². The van der Waals surface area contributed by atoms with Crippen LogP contribution in [0.25, 0.3) is 77.5 Å². The van der Waals surface area contributed by atoms with Gasteiger partial charge in [0, 0.05) is 11.1 Å². The van der Waals surface area contributed by atoms with E-state index in [1.807, 2.05) is 12.1 Å². The van der Waals surface area contributed by atoms with Gasteiger partial charge < -0.3 is 8.83 Å². The van der Waals surface area contributed by atoms with Crippen LogP contribution in [0.15, 0.2) is 143 Å². The van der Waals surface area contributed by atoms with Crippen LogP contribution < -0.4 is 0 Å². The van der Waals surface area contributed by atoms with E-state index in [0.29, 0.717) is 11.8 Å². The molecule has 0 aliphatic rings. The van der Waals surface area contributed by atoms with Crippen molar-refractivity contribution in [3.63, 3.8) is 0 Å². The molecule has 2 heterocycles. The molecular weight excluding hydrogens is 492 g/mol. The molecular formula is C36H22N2O2. The molecule has 0 spiro atoms. The Bertz CT molecular complexity index is 2000. The SMILES string of the molecule is c1cc(-c2ccc3c4ccccc4c4ccc(-c5cccc(-c6ncco6)c5)cc4c3c2)cc(-c2ncco2)c1. The van der Waals surface area contributed by atoms with Crippen molar-refractivity contribution in [1.29, 1.82) is 0 Å². The van der Waals surface area contributed by atoms with Crippen molar-refractivity contribution in [2.24, 2.45) is 0 Å². The van der Waals surface area contributed by atoms with Crippen LogP contribution in [-0.4, -0.2) is 9.97 Å². The second-order valence-corrected chi connectivity index (χ2v) is 9.90. The Labute approximate surface area is 230 Å². The molecule has 0 saturated heterocycles. The lowest BCUT2D eigenvalue weighted by Crippen LogP contribution is -1.87. The third-order valence-corrected chi connectivity index (χ3v) is 7.59. The molecule has 4 heteroatoms. The molecule has 0 saturated carbocycles. The van der Waals surface area contributed by atoms with Crippen molar-refractivity contribution in [3.05, 3.63) is 134 Å². The molecule has 4 nitrogen and oxygen atoms in total. The van der Waals surface area contributed by atoms with Crippen LogP contribution in [0, 0.1) is 0 Å². The van der Waals surface area contributed by atoms with Gasteiger partial charge in [0.15, 0.2) is 0 Å². The van der Waals surface area contributed by atoms with Crippen LogP contribution in [0.3, 0.4) is 0 Å². The highest BCUT2D eigenvalue weighted by Crippen LogP contribution is 2.39. The molecule has 0 amide bonds. The second kappa shape index (κ2) is 9.07.